The van der Waals surface area contributed by atoms with Crippen molar-refractivity contribution in [1.29, 1.82) is 0 Å². The smallest absolute Gasteiger partial charge is 0.408 e. The Hall–Kier alpha value is -3.08. The molecular weight excluding hydrogens is 292 g/mol. The van der Waals surface area contributed by atoms with Crippen LogP contribution in [0.2, 0.25) is 0 Å². The molecule has 0 unspecified atom stereocenters. The highest BCUT2D eigenvalue weighted by molar-refractivity contribution is 6.05. The number of nitrogens with one attached hydrogen (secondary N) is 1. The van der Waals surface area contributed by atoms with E-state index in [9.17, 15) is 9.59 Å². The van der Waals surface area contributed by atoms with Crippen LogP contribution in [0.25, 0.3) is 11.1 Å². The van der Waals surface area contributed by atoms with Crippen molar-refractivity contribution in [1.82, 2.24) is 4.57 Å². The number of fused-ring (bicyclic) bond motifs is 1. The minimum absolute atomic E-state index is 0.240. The molecule has 0 atom stereocenters. The molecule has 0 aliphatic carbocycles. The maximum Gasteiger partial charge on any atom is 0.420 e. The molecule has 0 saturated carbocycles. The van der Waals surface area contributed by atoms with Gasteiger partial charge in [-0.05, 0) is 42.8 Å². The summed E-state index contributed by atoms with van der Waals surface area (Å²) in [4.78, 5) is 24.2. The maximum atomic E-state index is 12.4. The first-order chi connectivity index (χ1) is 11.1. The van der Waals surface area contributed by atoms with E-state index in [-0.39, 0.29) is 5.91 Å². The van der Waals surface area contributed by atoms with Gasteiger partial charge in [0.25, 0.3) is 5.91 Å². The molecule has 3 aromatic rings. The van der Waals surface area contributed by atoms with Gasteiger partial charge < -0.3 is 9.73 Å². The highest BCUT2D eigenvalue weighted by Gasteiger charge is 2.12. The topological polar surface area (TPSA) is 64.2 Å². The largest absolute Gasteiger partial charge is 0.420 e. The Morgan fingerprint density at radius 1 is 1.30 bits per heavy atom. The fourth-order valence-electron chi connectivity index (χ4n) is 2.43. The molecule has 0 aliphatic rings. The number of rotatable bonds is 4. The lowest BCUT2D eigenvalue weighted by Gasteiger charge is -2.06. The summed E-state index contributed by atoms with van der Waals surface area (Å²) >= 11 is 0. The molecule has 0 fully saturated rings. The Morgan fingerprint density at radius 3 is 2.87 bits per heavy atom. The maximum absolute atomic E-state index is 12.4. The number of benzene rings is 2. The normalized spacial score (nSPS) is 10.7. The number of allylic oxidation sites excluding steroid dienone is 1. The zero-order valence-corrected chi connectivity index (χ0v) is 12.7. The molecule has 2 aromatic carbocycles. The predicted molar refractivity (Wildman–Crippen MR) is 89.8 cm³/mol. The van der Waals surface area contributed by atoms with Crippen LogP contribution in [0.4, 0.5) is 5.69 Å². The first-order valence-electron chi connectivity index (χ1n) is 7.21. The molecule has 116 valence electrons. The van der Waals surface area contributed by atoms with Gasteiger partial charge in [0.1, 0.15) is 0 Å². The van der Waals surface area contributed by atoms with Crippen molar-refractivity contribution in [2.75, 3.05) is 5.32 Å². The van der Waals surface area contributed by atoms with Gasteiger partial charge in [-0.1, -0.05) is 18.2 Å². The molecular formula is C18H16N2O3. The van der Waals surface area contributed by atoms with Gasteiger partial charge in [-0.15, -0.1) is 6.58 Å². The van der Waals surface area contributed by atoms with Gasteiger partial charge in [-0.3, -0.25) is 9.36 Å². The number of nitrogens with zero attached hydrogens (tertiary/aromatic N) is 1. The molecule has 5 nitrogen and oxygen atoms in total. The Labute approximate surface area is 132 Å². The number of hydrogen-bond acceptors (Lipinski definition) is 3. The number of aryl methyl sites for hydroxylation is 1. The number of aromatic nitrogens is 1. The first-order valence-corrected chi connectivity index (χ1v) is 7.21. The first kappa shape index (κ1) is 14.8. The fraction of sp³-hybridized carbons (Fsp3) is 0.111. The van der Waals surface area contributed by atoms with Gasteiger partial charge in [0, 0.05) is 17.8 Å². The molecule has 1 aromatic heterocycles. The van der Waals surface area contributed by atoms with E-state index in [4.69, 9.17) is 4.42 Å². The van der Waals surface area contributed by atoms with Crippen molar-refractivity contribution >= 4 is 22.7 Å². The summed E-state index contributed by atoms with van der Waals surface area (Å²) < 4.78 is 6.58. The van der Waals surface area contributed by atoms with Crippen LogP contribution in [0, 0.1) is 6.92 Å². The molecule has 5 heteroatoms. The summed E-state index contributed by atoms with van der Waals surface area (Å²) in [7, 11) is 0. The molecule has 0 radical (unpaired) electrons. The summed E-state index contributed by atoms with van der Waals surface area (Å²) in [6, 6.07) is 12.5. The van der Waals surface area contributed by atoms with Gasteiger partial charge in [-0.25, -0.2) is 4.79 Å². The monoisotopic (exact) mass is 308 g/mol. The standard InChI is InChI=1S/C18H16N2O3/c1-3-9-20-15-11-13(7-8-16(15)23-18(20)22)17(21)19-14-6-4-5-12(2)10-14/h3-8,10-11H,1,9H2,2H3,(H,19,21). The van der Waals surface area contributed by atoms with Gasteiger partial charge in [-0.2, -0.15) is 0 Å². The van der Waals surface area contributed by atoms with Crippen molar-refractivity contribution in [3.05, 3.63) is 76.8 Å². The van der Waals surface area contributed by atoms with E-state index >= 15 is 0 Å². The van der Waals surface area contributed by atoms with Crippen LogP contribution in [0.5, 0.6) is 0 Å². The van der Waals surface area contributed by atoms with Gasteiger partial charge >= 0.3 is 5.76 Å². The van der Waals surface area contributed by atoms with Crippen LogP contribution in [-0.4, -0.2) is 10.5 Å². The second-order valence-electron chi connectivity index (χ2n) is 5.27. The summed E-state index contributed by atoms with van der Waals surface area (Å²) in [5.41, 5.74) is 3.27. The third-order valence-corrected chi connectivity index (χ3v) is 3.52. The van der Waals surface area contributed by atoms with E-state index in [0.717, 1.165) is 11.3 Å². The zero-order chi connectivity index (χ0) is 16.4. The molecule has 23 heavy (non-hydrogen) atoms. The van der Waals surface area contributed by atoms with Crippen LogP contribution in [0.1, 0.15) is 15.9 Å². The highest BCUT2D eigenvalue weighted by Crippen LogP contribution is 2.17. The highest BCUT2D eigenvalue weighted by atomic mass is 16.4. The Bertz CT molecular complexity index is 950. The average Bonchev–Trinajstić information content (AvgIpc) is 2.83. The zero-order valence-electron chi connectivity index (χ0n) is 12.7. The van der Waals surface area contributed by atoms with Gasteiger partial charge in [0.2, 0.25) is 0 Å². The average molecular weight is 308 g/mol. The van der Waals surface area contributed by atoms with Crippen molar-refractivity contribution in [3.8, 4) is 0 Å². The second-order valence-corrected chi connectivity index (χ2v) is 5.27. The van der Waals surface area contributed by atoms with Gasteiger partial charge in [0.15, 0.2) is 5.58 Å². The van der Waals surface area contributed by atoms with E-state index in [1.54, 1.807) is 24.3 Å². The van der Waals surface area contributed by atoms with E-state index in [1.165, 1.54) is 4.57 Å². The number of oxazole rings is 1. The van der Waals surface area contributed by atoms with Crippen LogP contribution in [-0.2, 0) is 6.54 Å². The van der Waals surface area contributed by atoms with Crippen LogP contribution < -0.4 is 11.1 Å². The lowest BCUT2D eigenvalue weighted by molar-refractivity contribution is 0.102. The van der Waals surface area contributed by atoms with Crippen LogP contribution in [0.15, 0.2) is 64.3 Å². The quantitative estimate of drug-likeness (QED) is 0.752. The Balaban J connectivity index is 1.96. The molecule has 0 bridgehead atoms. The third kappa shape index (κ3) is 2.94. The molecule has 0 spiro atoms. The minimum Gasteiger partial charge on any atom is -0.408 e. The van der Waals surface area contributed by atoms with Crippen LogP contribution >= 0.6 is 0 Å². The number of anilines is 1. The molecule has 0 aliphatic heterocycles. The Morgan fingerprint density at radius 2 is 2.13 bits per heavy atom. The molecule has 0 saturated heterocycles. The van der Waals surface area contributed by atoms with Crippen molar-refractivity contribution in [3.63, 3.8) is 0 Å². The molecule has 1 amide bonds. The van der Waals surface area contributed by atoms with Crippen molar-refractivity contribution < 1.29 is 9.21 Å². The lowest BCUT2D eigenvalue weighted by Crippen LogP contribution is -2.14. The van der Waals surface area contributed by atoms with Crippen molar-refractivity contribution in [2.24, 2.45) is 0 Å². The van der Waals surface area contributed by atoms with E-state index < -0.39 is 5.76 Å². The molecule has 1 heterocycles. The predicted octanol–water partition coefficient (Wildman–Crippen LogP) is 3.34. The van der Waals surface area contributed by atoms with E-state index in [2.05, 4.69) is 11.9 Å². The Kier molecular flexibility index (Phi) is 3.85. The summed E-state index contributed by atoms with van der Waals surface area (Å²) in [5, 5.41) is 2.84. The summed E-state index contributed by atoms with van der Waals surface area (Å²) in [5.74, 6) is -0.701. The number of carbonyl (C=O) groups is 1. The van der Waals surface area contributed by atoms with E-state index in [0.29, 0.717) is 23.2 Å². The van der Waals surface area contributed by atoms with Gasteiger partial charge in [0.05, 0.1) is 5.52 Å². The third-order valence-electron chi connectivity index (χ3n) is 3.52. The molecule has 1 N–H and O–H groups in total. The lowest BCUT2D eigenvalue weighted by atomic mass is 10.1. The number of hydrogen-bond donors (Lipinski definition) is 1. The second kappa shape index (κ2) is 5.96. The van der Waals surface area contributed by atoms with E-state index in [1.807, 2.05) is 31.2 Å². The van der Waals surface area contributed by atoms with Crippen molar-refractivity contribution in [2.45, 2.75) is 13.5 Å². The minimum atomic E-state index is -0.462. The SMILES string of the molecule is C=CCn1c(=O)oc2ccc(C(=O)Nc3cccc(C)c3)cc21. The summed E-state index contributed by atoms with van der Waals surface area (Å²) in [6.07, 6.45) is 1.61. The number of amides is 1. The fourth-order valence-corrected chi connectivity index (χ4v) is 2.43. The number of carbonyl (C=O) groups excluding carboxylic acids is 1. The molecule has 3 rings (SSSR count). The summed E-state index contributed by atoms with van der Waals surface area (Å²) in [6.45, 7) is 5.91. The van der Waals surface area contributed by atoms with Crippen LogP contribution in [0.3, 0.4) is 0 Å².